The number of aryl methyl sites for hydroxylation is 2. The molecule has 1 rings (SSSR count). The van der Waals surface area contributed by atoms with Crippen molar-refractivity contribution in [3.63, 3.8) is 0 Å². The van der Waals surface area contributed by atoms with E-state index in [-0.39, 0.29) is 31.0 Å². The Bertz CT molecular complexity index is 279. The van der Waals surface area contributed by atoms with Gasteiger partial charge < -0.3 is 6.16 Å². The summed E-state index contributed by atoms with van der Waals surface area (Å²) < 4.78 is 5.22. The molecule has 0 aliphatic rings. The molecule has 0 aliphatic carbocycles. The van der Waals surface area contributed by atoms with E-state index >= 15 is 0 Å². The van der Waals surface area contributed by atoms with Crippen LogP contribution in [-0.2, 0) is 0 Å². The maximum atomic E-state index is 5.22. The minimum absolute atomic E-state index is 0. The number of hydrogen-bond acceptors (Lipinski definition) is 2. The minimum atomic E-state index is 0. The predicted molar refractivity (Wildman–Crippen MR) is 46.1 cm³/mol. The molecule has 0 aliphatic heterocycles. The van der Waals surface area contributed by atoms with Crippen LogP contribution in [0.2, 0.25) is 0 Å². The molecule has 0 fully saturated rings. The quantitative estimate of drug-likeness (QED) is 0.518. The summed E-state index contributed by atoms with van der Waals surface area (Å²) >= 11 is 0. The van der Waals surface area contributed by atoms with Crippen LogP contribution < -0.4 is 34.3 Å². The fraction of sp³-hybridized carbons (Fsp3) is 0.444. The Balaban J connectivity index is 0. The predicted octanol–water partition coefficient (Wildman–Crippen LogP) is -0.868. The van der Waals surface area contributed by atoms with Crippen LogP contribution in [0.25, 0.3) is 0 Å². The van der Waals surface area contributed by atoms with Crippen molar-refractivity contribution in [1.82, 2.24) is 4.98 Å². The van der Waals surface area contributed by atoms with Crippen LogP contribution in [-0.4, -0.2) is 12.1 Å². The Morgan fingerprint density at radius 2 is 1.92 bits per heavy atom. The van der Waals surface area contributed by atoms with Crippen molar-refractivity contribution >= 4 is 0 Å². The third-order valence-corrected chi connectivity index (χ3v) is 1.90. The molecule has 0 spiro atoms. The van der Waals surface area contributed by atoms with Crippen LogP contribution >= 0.6 is 0 Å². The van der Waals surface area contributed by atoms with Crippen molar-refractivity contribution in [3.8, 4) is 5.75 Å². The summed E-state index contributed by atoms with van der Waals surface area (Å²) in [5.41, 5.74) is 3.26. The first kappa shape index (κ1) is 11.9. The van der Waals surface area contributed by atoms with E-state index in [9.17, 15) is 0 Å². The molecule has 3 heteroatoms. The molecular formula is C9H14NNaO. The second kappa shape index (κ2) is 4.85. The normalized spacial score (nSPS) is 9.00. The van der Waals surface area contributed by atoms with E-state index in [1.807, 2.05) is 27.0 Å². The van der Waals surface area contributed by atoms with Gasteiger partial charge in [0.25, 0.3) is 0 Å². The zero-order chi connectivity index (χ0) is 8.43. The van der Waals surface area contributed by atoms with Crippen molar-refractivity contribution in [3.05, 3.63) is 23.0 Å². The molecule has 12 heavy (non-hydrogen) atoms. The maximum absolute atomic E-state index is 5.22. The molecule has 0 bridgehead atoms. The molecule has 1 heterocycles. The zero-order valence-electron chi connectivity index (χ0n) is 9.43. The fourth-order valence-electron chi connectivity index (χ4n) is 1.12. The molecule has 0 saturated heterocycles. The number of hydrogen-bond donors (Lipinski definition) is 0. The monoisotopic (exact) mass is 175 g/mol. The number of nitrogens with zero attached hydrogens (tertiary/aromatic N) is 1. The SMILES string of the molecule is COc1c(C)cnc(C)c1C.[H-].[Na+]. The number of ether oxygens (including phenoxy) is 1. The van der Waals surface area contributed by atoms with E-state index < -0.39 is 0 Å². The van der Waals surface area contributed by atoms with Gasteiger partial charge in [-0.1, -0.05) is 0 Å². The van der Waals surface area contributed by atoms with Crippen molar-refractivity contribution in [2.24, 2.45) is 0 Å². The van der Waals surface area contributed by atoms with Gasteiger partial charge in [0.2, 0.25) is 0 Å². The summed E-state index contributed by atoms with van der Waals surface area (Å²) in [6.07, 6.45) is 1.83. The molecule has 0 unspecified atom stereocenters. The topological polar surface area (TPSA) is 22.1 Å². The second-order valence-corrected chi connectivity index (χ2v) is 2.68. The molecule has 0 radical (unpaired) electrons. The van der Waals surface area contributed by atoms with Gasteiger partial charge in [-0.3, -0.25) is 4.98 Å². The Labute approximate surface area is 97.1 Å². The number of rotatable bonds is 1. The van der Waals surface area contributed by atoms with E-state index in [1.165, 1.54) is 0 Å². The van der Waals surface area contributed by atoms with Crippen molar-refractivity contribution < 1.29 is 35.7 Å². The van der Waals surface area contributed by atoms with Gasteiger partial charge in [-0.25, -0.2) is 0 Å². The molecule has 0 aromatic carbocycles. The molecular weight excluding hydrogens is 161 g/mol. The summed E-state index contributed by atoms with van der Waals surface area (Å²) in [6.45, 7) is 6.00. The molecule has 0 saturated carbocycles. The van der Waals surface area contributed by atoms with Gasteiger partial charge in [0.05, 0.1) is 7.11 Å². The largest absolute Gasteiger partial charge is 1.00 e. The van der Waals surface area contributed by atoms with Crippen LogP contribution in [0, 0.1) is 20.8 Å². The third kappa shape index (κ3) is 2.22. The first-order valence-electron chi connectivity index (χ1n) is 3.63. The van der Waals surface area contributed by atoms with E-state index in [0.29, 0.717) is 0 Å². The van der Waals surface area contributed by atoms with Gasteiger partial charge >= 0.3 is 29.6 Å². The Kier molecular flexibility index (Phi) is 4.83. The van der Waals surface area contributed by atoms with Gasteiger partial charge in [0.15, 0.2) is 0 Å². The minimum Gasteiger partial charge on any atom is -1.00 e. The number of pyridine rings is 1. The van der Waals surface area contributed by atoms with Crippen LogP contribution in [0.4, 0.5) is 0 Å². The van der Waals surface area contributed by atoms with Crippen molar-refractivity contribution in [1.29, 1.82) is 0 Å². The second-order valence-electron chi connectivity index (χ2n) is 2.68. The first-order chi connectivity index (χ1) is 5.16. The standard InChI is InChI=1S/C9H13NO.Na.H/c1-6-5-10-8(3)7(2)9(6)11-4;;/h5H,1-4H3;;/q;+1;-1. The molecule has 1 aromatic rings. The number of aromatic nitrogens is 1. The molecule has 1 aromatic heterocycles. The summed E-state index contributed by atoms with van der Waals surface area (Å²) in [4.78, 5) is 4.21. The number of methoxy groups -OCH3 is 1. The molecule has 0 N–H and O–H groups in total. The fourth-order valence-corrected chi connectivity index (χ4v) is 1.12. The third-order valence-electron chi connectivity index (χ3n) is 1.90. The molecule has 62 valence electrons. The Morgan fingerprint density at radius 3 is 2.33 bits per heavy atom. The van der Waals surface area contributed by atoms with Crippen LogP contribution in [0.15, 0.2) is 6.20 Å². The van der Waals surface area contributed by atoms with E-state index in [2.05, 4.69) is 4.98 Å². The average Bonchev–Trinajstić information content (AvgIpc) is 1.99. The first-order valence-corrected chi connectivity index (χ1v) is 3.63. The molecule has 2 nitrogen and oxygen atoms in total. The Hall–Kier alpha value is -0.0500. The van der Waals surface area contributed by atoms with Crippen molar-refractivity contribution in [2.45, 2.75) is 20.8 Å². The van der Waals surface area contributed by atoms with Crippen LogP contribution in [0.5, 0.6) is 5.75 Å². The Morgan fingerprint density at radius 1 is 1.33 bits per heavy atom. The average molecular weight is 175 g/mol. The molecule has 0 amide bonds. The van der Waals surface area contributed by atoms with Gasteiger partial charge in [-0.15, -0.1) is 0 Å². The van der Waals surface area contributed by atoms with Crippen molar-refractivity contribution in [2.75, 3.05) is 7.11 Å². The summed E-state index contributed by atoms with van der Waals surface area (Å²) in [7, 11) is 1.69. The summed E-state index contributed by atoms with van der Waals surface area (Å²) in [5.74, 6) is 0.956. The smallest absolute Gasteiger partial charge is 1.00 e. The van der Waals surface area contributed by atoms with Gasteiger partial charge in [-0.2, -0.15) is 0 Å². The van der Waals surface area contributed by atoms with Gasteiger partial charge in [0, 0.05) is 23.0 Å². The van der Waals surface area contributed by atoms with Gasteiger partial charge in [-0.05, 0) is 20.8 Å². The zero-order valence-corrected chi connectivity index (χ0v) is 10.4. The van der Waals surface area contributed by atoms with Crippen LogP contribution in [0.3, 0.4) is 0 Å². The summed E-state index contributed by atoms with van der Waals surface area (Å²) in [5, 5.41) is 0. The van der Waals surface area contributed by atoms with Crippen LogP contribution in [0.1, 0.15) is 18.2 Å². The van der Waals surface area contributed by atoms with E-state index in [4.69, 9.17) is 4.74 Å². The van der Waals surface area contributed by atoms with E-state index in [0.717, 1.165) is 22.6 Å². The molecule has 0 atom stereocenters. The maximum Gasteiger partial charge on any atom is 1.00 e. The summed E-state index contributed by atoms with van der Waals surface area (Å²) in [6, 6.07) is 0. The van der Waals surface area contributed by atoms with Gasteiger partial charge in [0.1, 0.15) is 5.75 Å². The van der Waals surface area contributed by atoms with E-state index in [1.54, 1.807) is 7.11 Å².